The van der Waals surface area contributed by atoms with Crippen LogP contribution >= 0.6 is 0 Å². The monoisotopic (exact) mass is 299 g/mol. The summed E-state index contributed by atoms with van der Waals surface area (Å²) in [5.74, 6) is -1.16. The van der Waals surface area contributed by atoms with E-state index in [0.29, 0.717) is 0 Å². The summed E-state index contributed by atoms with van der Waals surface area (Å²) in [5, 5.41) is 18.2. The van der Waals surface area contributed by atoms with Gasteiger partial charge in [-0.3, -0.25) is 0 Å². The molecule has 110 valence electrons. The van der Waals surface area contributed by atoms with Crippen molar-refractivity contribution in [2.75, 3.05) is 13.2 Å². The third-order valence-corrected chi connectivity index (χ3v) is 5.28. The highest BCUT2D eigenvalue weighted by molar-refractivity contribution is 7.89. The van der Waals surface area contributed by atoms with Gasteiger partial charge in [-0.25, -0.2) is 17.9 Å². The summed E-state index contributed by atoms with van der Waals surface area (Å²) in [4.78, 5) is 11.0. The number of carboxylic acid groups (broad SMARTS) is 1. The Morgan fingerprint density at radius 3 is 2.55 bits per heavy atom. The highest BCUT2D eigenvalue weighted by Gasteiger charge is 2.42. The fourth-order valence-electron chi connectivity index (χ4n) is 2.03. The molecule has 0 unspecified atom stereocenters. The lowest BCUT2D eigenvalue weighted by molar-refractivity contribution is 0.0696. The van der Waals surface area contributed by atoms with Gasteiger partial charge in [-0.05, 0) is 37.5 Å². The lowest BCUT2D eigenvalue weighted by atomic mass is 10.1. The summed E-state index contributed by atoms with van der Waals surface area (Å²) < 4.78 is 26.9. The zero-order valence-electron chi connectivity index (χ0n) is 11.1. The van der Waals surface area contributed by atoms with Gasteiger partial charge >= 0.3 is 5.97 Å². The second kappa shape index (κ2) is 5.16. The van der Waals surface area contributed by atoms with Gasteiger partial charge in [0.05, 0.1) is 10.5 Å². The topological polar surface area (TPSA) is 104 Å². The first-order chi connectivity index (χ1) is 9.31. The van der Waals surface area contributed by atoms with E-state index in [2.05, 4.69) is 4.72 Å². The minimum atomic E-state index is -3.77. The van der Waals surface area contributed by atoms with Crippen molar-refractivity contribution in [1.82, 2.24) is 4.72 Å². The average molecular weight is 299 g/mol. The second-order valence-electron chi connectivity index (χ2n) is 5.22. The standard InChI is InChI=1S/C13H17NO5S/c1-9-10(12(16)17)3-2-4-11(9)20(18,19)14-7-13(8-15)5-6-13/h2-4,14-15H,5-8H2,1H3,(H,16,17). The first kappa shape index (κ1) is 15.0. The number of carbonyl (C=O) groups is 1. The number of aliphatic hydroxyl groups is 1. The number of hydrogen-bond acceptors (Lipinski definition) is 4. The number of benzene rings is 1. The molecule has 0 amide bonds. The minimum absolute atomic E-state index is 0.0313. The van der Waals surface area contributed by atoms with Crippen molar-refractivity contribution in [3.63, 3.8) is 0 Å². The predicted molar refractivity (Wildman–Crippen MR) is 72.1 cm³/mol. The summed E-state index contributed by atoms with van der Waals surface area (Å²) in [7, 11) is -3.77. The highest BCUT2D eigenvalue weighted by Crippen LogP contribution is 2.44. The van der Waals surface area contributed by atoms with Crippen LogP contribution in [0.2, 0.25) is 0 Å². The maximum atomic E-state index is 12.2. The molecule has 0 aliphatic heterocycles. The molecule has 0 atom stereocenters. The molecule has 1 fully saturated rings. The number of rotatable bonds is 6. The van der Waals surface area contributed by atoms with Crippen LogP contribution < -0.4 is 4.72 Å². The maximum absolute atomic E-state index is 12.2. The zero-order chi connectivity index (χ0) is 15.0. The van der Waals surface area contributed by atoms with E-state index in [-0.39, 0.29) is 34.6 Å². The van der Waals surface area contributed by atoms with Gasteiger partial charge in [0, 0.05) is 18.6 Å². The smallest absolute Gasteiger partial charge is 0.335 e. The third-order valence-electron chi connectivity index (χ3n) is 3.73. The fourth-order valence-corrected chi connectivity index (χ4v) is 3.45. The van der Waals surface area contributed by atoms with E-state index in [0.717, 1.165) is 12.8 Å². The molecule has 0 radical (unpaired) electrons. The van der Waals surface area contributed by atoms with Crippen molar-refractivity contribution < 1.29 is 23.4 Å². The molecule has 1 aromatic carbocycles. The summed E-state index contributed by atoms with van der Waals surface area (Å²) in [6, 6.07) is 4.15. The quantitative estimate of drug-likeness (QED) is 0.719. The minimum Gasteiger partial charge on any atom is -0.478 e. The van der Waals surface area contributed by atoms with Gasteiger partial charge in [-0.2, -0.15) is 0 Å². The molecule has 6 nitrogen and oxygen atoms in total. The Bertz CT molecular complexity index is 634. The first-order valence-electron chi connectivity index (χ1n) is 6.25. The number of aliphatic hydroxyl groups excluding tert-OH is 1. The van der Waals surface area contributed by atoms with E-state index in [1.54, 1.807) is 0 Å². The molecule has 0 saturated heterocycles. The van der Waals surface area contributed by atoms with E-state index in [1.807, 2.05) is 0 Å². The lowest BCUT2D eigenvalue weighted by Crippen LogP contribution is -2.32. The Morgan fingerprint density at radius 1 is 1.40 bits per heavy atom. The Morgan fingerprint density at radius 2 is 2.05 bits per heavy atom. The predicted octanol–water partition coefficient (Wildman–Crippen LogP) is 0.744. The van der Waals surface area contributed by atoms with E-state index >= 15 is 0 Å². The van der Waals surface area contributed by atoms with Gasteiger partial charge in [0.1, 0.15) is 0 Å². The molecule has 0 heterocycles. The van der Waals surface area contributed by atoms with Crippen molar-refractivity contribution in [2.24, 2.45) is 5.41 Å². The summed E-state index contributed by atoms with van der Waals surface area (Å²) in [6.07, 6.45) is 1.58. The van der Waals surface area contributed by atoms with Crippen LogP contribution in [-0.4, -0.2) is 37.8 Å². The normalized spacial score (nSPS) is 16.9. The van der Waals surface area contributed by atoms with Crippen LogP contribution in [-0.2, 0) is 10.0 Å². The Labute approximate surface area is 117 Å². The summed E-state index contributed by atoms with van der Waals surface area (Å²) in [5.41, 5.74) is -0.164. The van der Waals surface area contributed by atoms with Crippen LogP contribution in [0.4, 0.5) is 0 Å². The molecule has 3 N–H and O–H groups in total. The molecule has 1 aromatic rings. The third kappa shape index (κ3) is 2.84. The molecule has 20 heavy (non-hydrogen) atoms. The van der Waals surface area contributed by atoms with Gasteiger partial charge in [-0.1, -0.05) is 6.07 Å². The Hall–Kier alpha value is -1.44. The van der Waals surface area contributed by atoms with E-state index < -0.39 is 16.0 Å². The van der Waals surface area contributed by atoms with Crippen LogP contribution in [0.5, 0.6) is 0 Å². The van der Waals surface area contributed by atoms with Crippen LogP contribution in [0.15, 0.2) is 23.1 Å². The largest absolute Gasteiger partial charge is 0.478 e. The van der Waals surface area contributed by atoms with Crippen LogP contribution in [0.25, 0.3) is 0 Å². The number of sulfonamides is 1. The van der Waals surface area contributed by atoms with Crippen molar-refractivity contribution >= 4 is 16.0 Å². The van der Waals surface area contributed by atoms with Gasteiger partial charge in [0.15, 0.2) is 0 Å². The van der Waals surface area contributed by atoms with Crippen molar-refractivity contribution in [3.8, 4) is 0 Å². The van der Waals surface area contributed by atoms with Crippen LogP contribution in [0, 0.1) is 12.3 Å². The van der Waals surface area contributed by atoms with E-state index in [9.17, 15) is 18.3 Å². The average Bonchev–Trinajstić information content (AvgIpc) is 3.17. The van der Waals surface area contributed by atoms with Gasteiger partial charge in [0.25, 0.3) is 0 Å². The first-order valence-corrected chi connectivity index (χ1v) is 7.73. The van der Waals surface area contributed by atoms with E-state index in [1.165, 1.54) is 25.1 Å². The molecule has 7 heteroatoms. The molecular weight excluding hydrogens is 282 g/mol. The molecule has 1 aliphatic carbocycles. The fraction of sp³-hybridized carbons (Fsp3) is 0.462. The van der Waals surface area contributed by atoms with Crippen molar-refractivity contribution in [1.29, 1.82) is 0 Å². The second-order valence-corrected chi connectivity index (χ2v) is 6.95. The Balaban J connectivity index is 2.26. The number of aromatic carboxylic acids is 1. The maximum Gasteiger partial charge on any atom is 0.335 e. The lowest BCUT2D eigenvalue weighted by Gasteiger charge is -2.15. The highest BCUT2D eigenvalue weighted by atomic mass is 32.2. The summed E-state index contributed by atoms with van der Waals surface area (Å²) >= 11 is 0. The molecule has 0 bridgehead atoms. The number of carboxylic acids is 1. The van der Waals surface area contributed by atoms with Crippen molar-refractivity contribution in [2.45, 2.75) is 24.7 Å². The number of nitrogens with one attached hydrogen (secondary N) is 1. The SMILES string of the molecule is Cc1c(C(=O)O)cccc1S(=O)(=O)NCC1(CO)CC1. The van der Waals surface area contributed by atoms with Gasteiger partial charge < -0.3 is 10.2 Å². The summed E-state index contributed by atoms with van der Waals surface area (Å²) in [6.45, 7) is 1.59. The van der Waals surface area contributed by atoms with Gasteiger partial charge in [-0.15, -0.1) is 0 Å². The van der Waals surface area contributed by atoms with E-state index in [4.69, 9.17) is 5.11 Å². The van der Waals surface area contributed by atoms with Crippen LogP contribution in [0.3, 0.4) is 0 Å². The Kier molecular flexibility index (Phi) is 3.86. The molecule has 1 saturated carbocycles. The zero-order valence-corrected chi connectivity index (χ0v) is 11.9. The molecule has 2 rings (SSSR count). The van der Waals surface area contributed by atoms with Crippen molar-refractivity contribution in [3.05, 3.63) is 29.3 Å². The van der Waals surface area contributed by atoms with Crippen LogP contribution in [0.1, 0.15) is 28.8 Å². The molecular formula is C13H17NO5S. The van der Waals surface area contributed by atoms with Gasteiger partial charge in [0.2, 0.25) is 10.0 Å². The molecule has 0 aromatic heterocycles. The number of hydrogen-bond donors (Lipinski definition) is 3. The molecule has 0 spiro atoms. The molecule has 1 aliphatic rings.